The Kier molecular flexibility index (Phi) is 2.48. The number of anilines is 2. The number of nitrogens with two attached hydrogens (primary N) is 1. The predicted octanol–water partition coefficient (Wildman–Crippen LogP) is 0.674. The lowest BCUT2D eigenvalue weighted by atomic mass is 10.1. The molecule has 0 aromatic carbocycles. The van der Waals surface area contributed by atoms with Crippen molar-refractivity contribution < 1.29 is 4.74 Å². The van der Waals surface area contributed by atoms with Gasteiger partial charge in [-0.2, -0.15) is 0 Å². The average Bonchev–Trinajstić information content (AvgIpc) is 2.17. The first-order chi connectivity index (χ1) is 7.07. The van der Waals surface area contributed by atoms with Crippen LogP contribution >= 0.6 is 0 Å². The van der Waals surface area contributed by atoms with Gasteiger partial charge in [-0.1, -0.05) is 0 Å². The van der Waals surface area contributed by atoms with E-state index >= 15 is 0 Å². The summed E-state index contributed by atoms with van der Waals surface area (Å²) in [7, 11) is 0. The van der Waals surface area contributed by atoms with Crippen molar-refractivity contribution in [1.29, 1.82) is 0 Å². The van der Waals surface area contributed by atoms with Crippen LogP contribution in [0.5, 0.6) is 0 Å². The molecule has 0 atom stereocenters. The van der Waals surface area contributed by atoms with Gasteiger partial charge in [0.25, 0.3) is 0 Å². The standard InChI is InChI=1S/C10H16N4O/c1-10(2)7-14(3-4-15-10)9-12-5-8(11)6-13-9/h5-6H,3-4,7,11H2,1-2H3. The molecule has 1 aromatic rings. The summed E-state index contributed by atoms with van der Waals surface area (Å²) in [5.74, 6) is 0.723. The van der Waals surface area contributed by atoms with Crippen LogP contribution in [-0.2, 0) is 4.74 Å². The van der Waals surface area contributed by atoms with Crippen LogP contribution in [0.3, 0.4) is 0 Å². The largest absolute Gasteiger partial charge is 0.396 e. The van der Waals surface area contributed by atoms with Gasteiger partial charge in [0.15, 0.2) is 0 Å². The van der Waals surface area contributed by atoms with Gasteiger partial charge in [0.2, 0.25) is 5.95 Å². The minimum absolute atomic E-state index is 0.136. The van der Waals surface area contributed by atoms with Crippen molar-refractivity contribution in [3.05, 3.63) is 12.4 Å². The Morgan fingerprint density at radius 3 is 2.67 bits per heavy atom. The highest BCUT2D eigenvalue weighted by Crippen LogP contribution is 2.19. The van der Waals surface area contributed by atoms with E-state index in [1.54, 1.807) is 12.4 Å². The van der Waals surface area contributed by atoms with Crippen LogP contribution in [0.4, 0.5) is 11.6 Å². The summed E-state index contributed by atoms with van der Waals surface area (Å²) in [5.41, 5.74) is 5.99. The molecule has 5 nitrogen and oxygen atoms in total. The van der Waals surface area contributed by atoms with Crippen LogP contribution in [0, 0.1) is 0 Å². The fraction of sp³-hybridized carbons (Fsp3) is 0.600. The minimum Gasteiger partial charge on any atom is -0.396 e. The molecule has 1 saturated heterocycles. The molecule has 1 aliphatic heterocycles. The van der Waals surface area contributed by atoms with E-state index in [2.05, 4.69) is 28.7 Å². The first kappa shape index (κ1) is 10.2. The number of ether oxygens (including phenoxy) is 1. The molecule has 0 bridgehead atoms. The minimum atomic E-state index is -0.136. The Hall–Kier alpha value is -1.36. The SMILES string of the molecule is CC1(C)CN(c2ncc(N)cn2)CCO1. The molecule has 0 unspecified atom stereocenters. The van der Waals surface area contributed by atoms with E-state index in [1.165, 1.54) is 0 Å². The first-order valence-corrected chi connectivity index (χ1v) is 5.03. The van der Waals surface area contributed by atoms with Crippen LogP contribution < -0.4 is 10.6 Å². The Balaban J connectivity index is 2.13. The predicted molar refractivity (Wildman–Crippen MR) is 58.7 cm³/mol. The summed E-state index contributed by atoms with van der Waals surface area (Å²) in [6, 6.07) is 0. The average molecular weight is 208 g/mol. The third-order valence-electron chi connectivity index (χ3n) is 2.37. The number of nitrogen functional groups attached to an aromatic ring is 1. The summed E-state index contributed by atoms with van der Waals surface area (Å²) in [6.07, 6.45) is 3.26. The van der Waals surface area contributed by atoms with Crippen molar-refractivity contribution in [3.8, 4) is 0 Å². The summed E-state index contributed by atoms with van der Waals surface area (Å²) < 4.78 is 5.62. The van der Waals surface area contributed by atoms with E-state index in [4.69, 9.17) is 10.5 Å². The second kappa shape index (κ2) is 3.66. The van der Waals surface area contributed by atoms with E-state index in [0.29, 0.717) is 12.3 Å². The lowest BCUT2D eigenvalue weighted by molar-refractivity contribution is -0.0281. The number of rotatable bonds is 1. The zero-order valence-corrected chi connectivity index (χ0v) is 9.10. The summed E-state index contributed by atoms with van der Waals surface area (Å²) in [6.45, 7) is 6.47. The van der Waals surface area contributed by atoms with Gasteiger partial charge < -0.3 is 15.4 Å². The highest BCUT2D eigenvalue weighted by molar-refractivity contribution is 5.38. The Bertz CT molecular complexity index is 336. The summed E-state index contributed by atoms with van der Waals surface area (Å²) >= 11 is 0. The molecule has 1 aliphatic rings. The molecule has 0 amide bonds. The van der Waals surface area contributed by atoms with Crippen molar-refractivity contribution in [2.45, 2.75) is 19.4 Å². The molecule has 0 aliphatic carbocycles. The van der Waals surface area contributed by atoms with E-state index in [0.717, 1.165) is 19.0 Å². The highest BCUT2D eigenvalue weighted by atomic mass is 16.5. The van der Waals surface area contributed by atoms with E-state index in [9.17, 15) is 0 Å². The van der Waals surface area contributed by atoms with Gasteiger partial charge in [-0.15, -0.1) is 0 Å². The first-order valence-electron chi connectivity index (χ1n) is 5.03. The van der Waals surface area contributed by atoms with E-state index in [-0.39, 0.29) is 5.60 Å². The molecule has 5 heteroatoms. The van der Waals surface area contributed by atoms with Crippen LogP contribution in [0.15, 0.2) is 12.4 Å². The molecule has 0 spiro atoms. The molecule has 1 aromatic heterocycles. The topological polar surface area (TPSA) is 64.3 Å². The number of nitrogens with zero attached hydrogens (tertiary/aromatic N) is 3. The number of morpholine rings is 1. The molecule has 2 N–H and O–H groups in total. The molecule has 1 fully saturated rings. The lowest BCUT2D eigenvalue weighted by Crippen LogP contribution is -2.48. The molecule has 0 radical (unpaired) electrons. The lowest BCUT2D eigenvalue weighted by Gasteiger charge is -2.38. The van der Waals surface area contributed by atoms with Gasteiger partial charge in [0, 0.05) is 13.1 Å². The zero-order chi connectivity index (χ0) is 10.9. The van der Waals surface area contributed by atoms with Crippen molar-refractivity contribution in [2.75, 3.05) is 30.3 Å². The second-order valence-electron chi connectivity index (χ2n) is 4.35. The molecule has 2 heterocycles. The van der Waals surface area contributed by atoms with Gasteiger partial charge in [0.1, 0.15) is 0 Å². The Morgan fingerprint density at radius 1 is 1.40 bits per heavy atom. The summed E-state index contributed by atoms with van der Waals surface area (Å²) in [4.78, 5) is 10.5. The van der Waals surface area contributed by atoms with Crippen molar-refractivity contribution >= 4 is 11.6 Å². The van der Waals surface area contributed by atoms with Gasteiger partial charge in [-0.05, 0) is 13.8 Å². The van der Waals surface area contributed by atoms with Crippen LogP contribution in [0.25, 0.3) is 0 Å². The molecule has 0 saturated carbocycles. The van der Waals surface area contributed by atoms with Gasteiger partial charge in [0.05, 0.1) is 30.3 Å². The second-order valence-corrected chi connectivity index (χ2v) is 4.35. The molecular weight excluding hydrogens is 192 g/mol. The maximum atomic E-state index is 5.62. The normalized spacial score (nSPS) is 20.3. The third kappa shape index (κ3) is 2.36. The van der Waals surface area contributed by atoms with E-state index in [1.807, 2.05) is 0 Å². The molecule has 82 valence electrons. The van der Waals surface area contributed by atoms with Crippen LogP contribution in [0.1, 0.15) is 13.8 Å². The smallest absolute Gasteiger partial charge is 0.225 e. The van der Waals surface area contributed by atoms with E-state index < -0.39 is 0 Å². The van der Waals surface area contributed by atoms with Crippen molar-refractivity contribution in [3.63, 3.8) is 0 Å². The molecule has 15 heavy (non-hydrogen) atoms. The monoisotopic (exact) mass is 208 g/mol. The zero-order valence-electron chi connectivity index (χ0n) is 9.10. The van der Waals surface area contributed by atoms with Crippen LogP contribution in [-0.4, -0.2) is 35.3 Å². The molecule has 2 rings (SSSR count). The summed E-state index contributed by atoms with van der Waals surface area (Å²) in [5, 5.41) is 0. The van der Waals surface area contributed by atoms with Crippen LogP contribution in [0.2, 0.25) is 0 Å². The Morgan fingerprint density at radius 2 is 2.07 bits per heavy atom. The number of aromatic nitrogens is 2. The van der Waals surface area contributed by atoms with Gasteiger partial charge >= 0.3 is 0 Å². The number of hydrogen-bond acceptors (Lipinski definition) is 5. The van der Waals surface area contributed by atoms with Crippen molar-refractivity contribution in [1.82, 2.24) is 9.97 Å². The quantitative estimate of drug-likeness (QED) is 0.735. The fourth-order valence-electron chi connectivity index (χ4n) is 1.68. The van der Waals surface area contributed by atoms with Gasteiger partial charge in [-0.25, -0.2) is 9.97 Å². The third-order valence-corrected chi connectivity index (χ3v) is 2.37. The van der Waals surface area contributed by atoms with Crippen molar-refractivity contribution in [2.24, 2.45) is 0 Å². The maximum absolute atomic E-state index is 5.62. The maximum Gasteiger partial charge on any atom is 0.225 e. The van der Waals surface area contributed by atoms with Gasteiger partial charge in [-0.3, -0.25) is 0 Å². The number of hydrogen-bond donors (Lipinski definition) is 1. The highest BCUT2D eigenvalue weighted by Gasteiger charge is 2.28. The molecular formula is C10H16N4O. The Labute approximate surface area is 89.3 Å². The fourth-order valence-corrected chi connectivity index (χ4v) is 1.68.